The molecule has 0 spiro atoms. The Kier molecular flexibility index (Phi) is 10.8. The number of fused-ring (bicyclic) bond motifs is 1. The van der Waals surface area contributed by atoms with Crippen LogP contribution in [0.5, 0.6) is 0 Å². The molecule has 2 amide bonds. The van der Waals surface area contributed by atoms with Crippen LogP contribution in [0.25, 0.3) is 5.57 Å². The zero-order valence-corrected chi connectivity index (χ0v) is 27.8. The van der Waals surface area contributed by atoms with Gasteiger partial charge < -0.3 is 20.4 Å². The summed E-state index contributed by atoms with van der Waals surface area (Å²) in [6.07, 6.45) is 4.92. The molecule has 44 heavy (non-hydrogen) atoms. The molecule has 2 aromatic rings. The second-order valence-corrected chi connectivity index (χ2v) is 13.6. The summed E-state index contributed by atoms with van der Waals surface area (Å²) in [6, 6.07) is 11.4. The molecule has 0 bridgehead atoms. The highest BCUT2D eigenvalue weighted by molar-refractivity contribution is 7.98. The molecule has 2 aromatic carbocycles. The lowest BCUT2D eigenvalue weighted by Gasteiger charge is -2.26. The zero-order chi connectivity index (χ0) is 31.4. The van der Waals surface area contributed by atoms with E-state index >= 15 is 0 Å². The van der Waals surface area contributed by atoms with Gasteiger partial charge in [-0.2, -0.15) is 0 Å². The number of carbonyl (C=O) groups is 2. The van der Waals surface area contributed by atoms with Crippen LogP contribution in [0.2, 0.25) is 10.0 Å². The summed E-state index contributed by atoms with van der Waals surface area (Å²) in [6.45, 7) is 8.01. The van der Waals surface area contributed by atoms with Crippen LogP contribution in [0.4, 0.5) is 10.1 Å². The minimum absolute atomic E-state index is 0.0908. The Morgan fingerprint density at radius 1 is 1.07 bits per heavy atom. The Labute approximate surface area is 273 Å². The maximum atomic E-state index is 13.2. The van der Waals surface area contributed by atoms with Gasteiger partial charge in [-0.05, 0) is 99.7 Å². The largest absolute Gasteiger partial charge is 0.381 e. The number of dihydropyridines is 1. The van der Waals surface area contributed by atoms with Gasteiger partial charge in [-0.25, -0.2) is 4.39 Å². The summed E-state index contributed by atoms with van der Waals surface area (Å²) in [7, 11) is 2.03. The monoisotopic (exact) mass is 656 g/mol. The summed E-state index contributed by atoms with van der Waals surface area (Å²) in [4.78, 5) is 31.3. The van der Waals surface area contributed by atoms with Gasteiger partial charge in [0.15, 0.2) is 0 Å². The number of hydrogen-bond acceptors (Lipinski definition) is 5. The molecule has 2 saturated heterocycles. The van der Waals surface area contributed by atoms with E-state index in [1.807, 2.05) is 68.3 Å². The van der Waals surface area contributed by atoms with Crippen LogP contribution in [0, 0.1) is 0 Å². The summed E-state index contributed by atoms with van der Waals surface area (Å²) in [5.74, 6) is 0.561. The number of benzene rings is 2. The van der Waals surface area contributed by atoms with Crippen molar-refractivity contribution in [1.82, 2.24) is 15.1 Å². The number of anilines is 1. The molecule has 4 aliphatic rings. The third kappa shape index (κ3) is 7.53. The van der Waals surface area contributed by atoms with E-state index in [2.05, 4.69) is 15.5 Å². The Hall–Kier alpha value is -2.78. The van der Waals surface area contributed by atoms with E-state index in [0.717, 1.165) is 96.0 Å². The molecule has 6 nitrogen and oxygen atoms in total. The van der Waals surface area contributed by atoms with Crippen LogP contribution in [0.3, 0.4) is 0 Å². The molecular formula is C34H39Cl2FN4O2S. The first-order valence-corrected chi connectivity index (χ1v) is 16.9. The van der Waals surface area contributed by atoms with Gasteiger partial charge in [-0.3, -0.25) is 9.59 Å². The number of likely N-dealkylation sites (tertiary alicyclic amines) is 2. The Balaban J connectivity index is 0.000000418. The van der Waals surface area contributed by atoms with E-state index in [0.29, 0.717) is 27.9 Å². The molecule has 6 rings (SSSR count). The zero-order valence-electron chi connectivity index (χ0n) is 25.4. The number of carbonyl (C=O) groups excluding carboxylic acids is 2. The summed E-state index contributed by atoms with van der Waals surface area (Å²) in [5, 5.41) is 7.65. The van der Waals surface area contributed by atoms with Crippen molar-refractivity contribution in [3.05, 3.63) is 86.1 Å². The maximum Gasteiger partial charge on any atom is 0.256 e. The molecule has 234 valence electrons. The van der Waals surface area contributed by atoms with E-state index in [-0.39, 0.29) is 11.8 Å². The normalized spacial score (nSPS) is 20.0. The van der Waals surface area contributed by atoms with E-state index in [1.54, 1.807) is 11.8 Å². The fourth-order valence-electron chi connectivity index (χ4n) is 5.83. The Bertz CT molecular complexity index is 1490. The molecule has 0 unspecified atom stereocenters. The SMILES string of the molecule is CC1=C(C(=O)N2CCCC2)C(C)=C(/C=C2\C(=O)Nc3ccc(SCc4c(Cl)cccc4Cl)cc32)NC1.CN1CCC(F)CC1. The van der Waals surface area contributed by atoms with Crippen LogP contribution in [-0.2, 0) is 15.3 Å². The second kappa shape index (κ2) is 14.5. The first kappa shape index (κ1) is 32.6. The molecule has 0 atom stereocenters. The first-order chi connectivity index (χ1) is 21.1. The third-order valence-corrected chi connectivity index (χ3v) is 10.2. The van der Waals surface area contributed by atoms with Gasteiger partial charge in [0.2, 0.25) is 0 Å². The molecule has 0 radical (unpaired) electrons. The van der Waals surface area contributed by atoms with Crippen molar-refractivity contribution < 1.29 is 14.0 Å². The topological polar surface area (TPSA) is 64.7 Å². The van der Waals surface area contributed by atoms with Crippen molar-refractivity contribution in [2.24, 2.45) is 0 Å². The highest BCUT2D eigenvalue weighted by Crippen LogP contribution is 2.38. The standard InChI is InChI=1S/C28H27Cl2N3O2S.C6H12FN/c1-16-14-31-25(17(2)26(16)28(35)33-10-3-4-11-33)13-20-19-12-18(8-9-24(19)32-27(20)34)36-15-21-22(29)6-5-7-23(21)30;1-8-4-2-6(7)3-5-8/h5-9,12-13,31H,3-4,10-11,14-15H2,1-2H3,(H,32,34);6H,2-5H2,1H3/b20-13-;. The smallest absolute Gasteiger partial charge is 0.256 e. The van der Waals surface area contributed by atoms with E-state index in [9.17, 15) is 14.0 Å². The average Bonchev–Trinajstić information content (AvgIpc) is 3.64. The maximum absolute atomic E-state index is 13.2. The van der Waals surface area contributed by atoms with E-state index < -0.39 is 6.17 Å². The lowest BCUT2D eigenvalue weighted by atomic mass is 9.93. The van der Waals surface area contributed by atoms with E-state index in [1.165, 1.54) is 0 Å². The molecule has 2 fully saturated rings. The minimum atomic E-state index is -0.522. The van der Waals surface area contributed by atoms with Crippen molar-refractivity contribution in [1.29, 1.82) is 0 Å². The lowest BCUT2D eigenvalue weighted by Crippen LogP contribution is -2.34. The van der Waals surface area contributed by atoms with Gasteiger partial charge in [0.05, 0.1) is 5.57 Å². The second-order valence-electron chi connectivity index (χ2n) is 11.7. The Morgan fingerprint density at radius 2 is 1.75 bits per heavy atom. The van der Waals surface area contributed by atoms with Gasteiger partial charge in [0, 0.05) is 75.9 Å². The number of alkyl halides is 1. The molecule has 10 heteroatoms. The molecule has 0 aliphatic carbocycles. The summed E-state index contributed by atoms with van der Waals surface area (Å²) >= 11 is 14.3. The number of halogens is 3. The highest BCUT2D eigenvalue weighted by atomic mass is 35.5. The van der Waals surface area contributed by atoms with Crippen LogP contribution in [0.1, 0.15) is 50.7 Å². The predicted molar refractivity (Wildman–Crippen MR) is 180 cm³/mol. The van der Waals surface area contributed by atoms with Crippen molar-refractivity contribution >= 4 is 58.0 Å². The number of amides is 2. The van der Waals surface area contributed by atoms with Crippen LogP contribution in [-0.4, -0.2) is 67.6 Å². The number of nitrogens with one attached hydrogen (secondary N) is 2. The van der Waals surface area contributed by atoms with Gasteiger partial charge in [-0.15, -0.1) is 11.8 Å². The van der Waals surface area contributed by atoms with Gasteiger partial charge in [0.25, 0.3) is 11.8 Å². The number of rotatable bonds is 5. The number of piperidine rings is 1. The molecule has 0 aromatic heterocycles. The minimum Gasteiger partial charge on any atom is -0.381 e. The highest BCUT2D eigenvalue weighted by Gasteiger charge is 2.29. The quantitative estimate of drug-likeness (QED) is 0.258. The van der Waals surface area contributed by atoms with Crippen molar-refractivity contribution in [3.63, 3.8) is 0 Å². The van der Waals surface area contributed by atoms with Crippen LogP contribution in [0.15, 0.2) is 69.8 Å². The Morgan fingerprint density at radius 3 is 2.41 bits per heavy atom. The average molecular weight is 658 g/mol. The van der Waals surface area contributed by atoms with Crippen molar-refractivity contribution in [3.8, 4) is 0 Å². The van der Waals surface area contributed by atoms with Crippen molar-refractivity contribution in [2.75, 3.05) is 45.1 Å². The molecule has 4 heterocycles. The molecule has 2 N–H and O–H groups in total. The third-order valence-electron chi connectivity index (χ3n) is 8.51. The molecule has 4 aliphatic heterocycles. The van der Waals surface area contributed by atoms with E-state index in [4.69, 9.17) is 23.2 Å². The number of hydrogen-bond donors (Lipinski definition) is 2. The van der Waals surface area contributed by atoms with Gasteiger partial charge >= 0.3 is 0 Å². The van der Waals surface area contributed by atoms with Crippen LogP contribution < -0.4 is 10.6 Å². The number of thioether (sulfide) groups is 1. The lowest BCUT2D eigenvalue weighted by molar-refractivity contribution is -0.126. The fourth-order valence-corrected chi connectivity index (χ4v) is 7.51. The molecule has 0 saturated carbocycles. The fraction of sp³-hybridized carbons (Fsp3) is 0.412. The first-order valence-electron chi connectivity index (χ1n) is 15.1. The molecular weight excluding hydrogens is 618 g/mol. The van der Waals surface area contributed by atoms with Gasteiger partial charge in [-0.1, -0.05) is 29.3 Å². The van der Waals surface area contributed by atoms with Crippen molar-refractivity contribution in [2.45, 2.75) is 56.4 Å². The summed E-state index contributed by atoms with van der Waals surface area (Å²) in [5.41, 5.74) is 6.57. The summed E-state index contributed by atoms with van der Waals surface area (Å²) < 4.78 is 12.3. The predicted octanol–water partition coefficient (Wildman–Crippen LogP) is 7.49. The van der Waals surface area contributed by atoms with Crippen LogP contribution >= 0.6 is 35.0 Å². The number of nitrogens with zero attached hydrogens (tertiary/aromatic N) is 2. The number of allylic oxidation sites excluding steroid dienone is 1. The van der Waals surface area contributed by atoms with Gasteiger partial charge in [0.1, 0.15) is 6.17 Å².